The minimum atomic E-state index is -0.347. The minimum absolute atomic E-state index is 0.111. The third-order valence-electron chi connectivity index (χ3n) is 3.26. The smallest absolute Gasteiger partial charge is 0.343 e. The first-order valence-corrected chi connectivity index (χ1v) is 8.24. The van der Waals surface area contributed by atoms with Crippen LogP contribution in [0.1, 0.15) is 12.5 Å². The molecule has 1 atom stereocenters. The van der Waals surface area contributed by atoms with Crippen LogP contribution in [-0.2, 0) is 17.8 Å². The number of aromatic amines is 1. The maximum atomic E-state index is 11.9. The van der Waals surface area contributed by atoms with Gasteiger partial charge in [-0.25, -0.2) is 9.89 Å². The molecule has 0 aliphatic carbocycles. The van der Waals surface area contributed by atoms with Crippen molar-refractivity contribution >= 4 is 17.7 Å². The van der Waals surface area contributed by atoms with Crippen molar-refractivity contribution in [3.8, 4) is 0 Å². The molecule has 1 aromatic carbocycles. The summed E-state index contributed by atoms with van der Waals surface area (Å²) >= 11 is 1.26. The summed E-state index contributed by atoms with van der Waals surface area (Å²) in [6, 6.07) is 9.93. The van der Waals surface area contributed by atoms with E-state index in [1.165, 1.54) is 11.8 Å². The third kappa shape index (κ3) is 4.85. The van der Waals surface area contributed by atoms with Crippen molar-refractivity contribution in [1.29, 1.82) is 0 Å². The van der Waals surface area contributed by atoms with Gasteiger partial charge in [-0.05, 0) is 18.9 Å². The van der Waals surface area contributed by atoms with Crippen LogP contribution in [-0.4, -0.2) is 32.5 Å². The van der Waals surface area contributed by atoms with Gasteiger partial charge in [0.25, 0.3) is 0 Å². The summed E-state index contributed by atoms with van der Waals surface area (Å²) in [6.45, 7) is 6.28. The van der Waals surface area contributed by atoms with Crippen molar-refractivity contribution in [2.75, 3.05) is 6.54 Å². The van der Waals surface area contributed by atoms with Gasteiger partial charge >= 0.3 is 5.69 Å². The number of hydrogen-bond acceptors (Lipinski definition) is 4. The van der Waals surface area contributed by atoms with E-state index in [0.29, 0.717) is 18.2 Å². The zero-order chi connectivity index (χ0) is 16.7. The SMILES string of the molecule is C=CCNC(=O)[C@H](C)Sc1n[nH]c(=O)n1CCc1ccccc1. The number of nitrogens with one attached hydrogen (secondary N) is 2. The van der Waals surface area contributed by atoms with Crippen molar-refractivity contribution in [2.24, 2.45) is 0 Å². The number of benzene rings is 1. The summed E-state index contributed by atoms with van der Waals surface area (Å²) in [5.74, 6) is -0.111. The molecule has 0 bridgehead atoms. The lowest BCUT2D eigenvalue weighted by Crippen LogP contribution is -2.31. The average Bonchev–Trinajstić information content (AvgIpc) is 2.91. The van der Waals surface area contributed by atoms with Crippen molar-refractivity contribution in [3.63, 3.8) is 0 Å². The molecule has 1 heterocycles. The molecular weight excluding hydrogens is 312 g/mol. The fraction of sp³-hybridized carbons (Fsp3) is 0.312. The molecule has 6 nitrogen and oxygen atoms in total. The number of aryl methyl sites for hydroxylation is 1. The number of rotatable bonds is 8. The van der Waals surface area contributed by atoms with E-state index < -0.39 is 0 Å². The van der Waals surface area contributed by atoms with Gasteiger partial charge in [-0.3, -0.25) is 9.36 Å². The molecule has 122 valence electrons. The number of thioether (sulfide) groups is 1. The Morgan fingerprint density at radius 2 is 2.22 bits per heavy atom. The van der Waals surface area contributed by atoms with Crippen molar-refractivity contribution < 1.29 is 4.79 Å². The molecule has 0 spiro atoms. The van der Waals surface area contributed by atoms with Crippen LogP contribution < -0.4 is 11.0 Å². The van der Waals surface area contributed by atoms with Gasteiger partial charge < -0.3 is 5.32 Å². The fourth-order valence-electron chi connectivity index (χ4n) is 2.00. The monoisotopic (exact) mass is 332 g/mol. The highest BCUT2D eigenvalue weighted by atomic mass is 32.2. The van der Waals surface area contributed by atoms with Gasteiger partial charge in [-0.1, -0.05) is 48.2 Å². The Bertz CT molecular complexity index is 708. The molecule has 23 heavy (non-hydrogen) atoms. The Balaban J connectivity index is 2.02. The number of H-pyrrole nitrogens is 1. The Kier molecular flexibility index (Phi) is 6.22. The number of hydrogen-bond donors (Lipinski definition) is 2. The van der Waals surface area contributed by atoms with Crippen LogP contribution in [0.25, 0.3) is 0 Å². The molecule has 7 heteroatoms. The van der Waals surface area contributed by atoms with Gasteiger partial charge in [0.05, 0.1) is 5.25 Å². The second-order valence-electron chi connectivity index (χ2n) is 4.99. The Hall–Kier alpha value is -2.28. The Labute approximate surface area is 139 Å². The molecule has 0 saturated heterocycles. The predicted molar refractivity (Wildman–Crippen MR) is 91.5 cm³/mol. The fourth-order valence-corrected chi connectivity index (χ4v) is 2.91. The second kappa shape index (κ2) is 8.38. The average molecular weight is 332 g/mol. The normalized spacial score (nSPS) is 11.9. The van der Waals surface area contributed by atoms with Gasteiger partial charge in [0.2, 0.25) is 5.91 Å². The van der Waals surface area contributed by atoms with Gasteiger partial charge in [-0.2, -0.15) is 0 Å². The van der Waals surface area contributed by atoms with E-state index in [4.69, 9.17) is 0 Å². The summed E-state index contributed by atoms with van der Waals surface area (Å²) in [5.41, 5.74) is 0.885. The van der Waals surface area contributed by atoms with E-state index in [9.17, 15) is 9.59 Å². The largest absolute Gasteiger partial charge is 0.352 e. The quantitative estimate of drug-likeness (QED) is 0.568. The molecule has 2 aromatic rings. The molecule has 1 aromatic heterocycles. The van der Waals surface area contributed by atoms with Gasteiger partial charge in [0, 0.05) is 13.1 Å². The molecule has 0 fully saturated rings. The van der Waals surface area contributed by atoms with Crippen LogP contribution >= 0.6 is 11.8 Å². The standard InChI is InChI=1S/C16H20N4O2S/c1-3-10-17-14(21)12(2)23-16-19-18-15(22)20(16)11-9-13-7-5-4-6-8-13/h3-8,12H,1,9-11H2,2H3,(H,17,21)(H,18,22)/t12-/m0/s1. The minimum Gasteiger partial charge on any atom is -0.352 e. The number of carbonyl (C=O) groups excluding carboxylic acids is 1. The molecule has 0 aliphatic heterocycles. The van der Waals surface area contributed by atoms with Crippen molar-refractivity contribution in [1.82, 2.24) is 20.1 Å². The van der Waals surface area contributed by atoms with E-state index in [0.717, 1.165) is 12.0 Å². The van der Waals surface area contributed by atoms with Crippen LogP contribution in [0.3, 0.4) is 0 Å². The number of aromatic nitrogens is 3. The first kappa shape index (κ1) is 17.1. The van der Waals surface area contributed by atoms with Crippen molar-refractivity contribution in [3.05, 3.63) is 59.0 Å². The molecule has 0 aliphatic rings. The molecule has 2 rings (SSSR count). The van der Waals surface area contributed by atoms with E-state index in [-0.39, 0.29) is 16.8 Å². The van der Waals surface area contributed by atoms with Crippen LogP contribution in [0.2, 0.25) is 0 Å². The molecule has 1 amide bonds. The molecular formula is C16H20N4O2S. The molecule has 2 N–H and O–H groups in total. The van der Waals surface area contributed by atoms with Gasteiger partial charge in [-0.15, -0.1) is 11.7 Å². The maximum Gasteiger partial charge on any atom is 0.343 e. The zero-order valence-electron chi connectivity index (χ0n) is 13.0. The second-order valence-corrected chi connectivity index (χ2v) is 6.30. The lowest BCUT2D eigenvalue weighted by Gasteiger charge is -2.11. The summed E-state index contributed by atoms with van der Waals surface area (Å²) in [6.07, 6.45) is 2.35. The summed E-state index contributed by atoms with van der Waals surface area (Å²) in [5, 5.41) is 9.38. The lowest BCUT2D eigenvalue weighted by molar-refractivity contribution is -0.120. The molecule has 0 radical (unpaired) electrons. The predicted octanol–water partition coefficient (Wildman–Crippen LogP) is 1.60. The number of nitrogens with zero attached hydrogens (tertiary/aromatic N) is 2. The summed E-state index contributed by atoms with van der Waals surface area (Å²) < 4.78 is 1.56. The lowest BCUT2D eigenvalue weighted by atomic mass is 10.1. The zero-order valence-corrected chi connectivity index (χ0v) is 13.8. The highest BCUT2D eigenvalue weighted by Crippen LogP contribution is 2.20. The molecule has 0 unspecified atom stereocenters. The first-order valence-electron chi connectivity index (χ1n) is 7.36. The van der Waals surface area contributed by atoms with E-state index in [1.54, 1.807) is 17.6 Å². The third-order valence-corrected chi connectivity index (χ3v) is 4.35. The molecule has 0 saturated carbocycles. The van der Waals surface area contributed by atoms with Gasteiger partial charge in [0.1, 0.15) is 0 Å². The summed E-state index contributed by atoms with van der Waals surface area (Å²) in [4.78, 5) is 23.8. The highest BCUT2D eigenvalue weighted by molar-refractivity contribution is 8.00. The summed E-state index contributed by atoms with van der Waals surface area (Å²) in [7, 11) is 0. The van der Waals surface area contributed by atoms with E-state index in [1.807, 2.05) is 30.3 Å². The number of amides is 1. The van der Waals surface area contributed by atoms with E-state index in [2.05, 4.69) is 22.1 Å². The first-order chi connectivity index (χ1) is 11.1. The van der Waals surface area contributed by atoms with Crippen LogP contribution in [0.4, 0.5) is 0 Å². The maximum absolute atomic E-state index is 11.9. The number of carbonyl (C=O) groups is 1. The van der Waals surface area contributed by atoms with Crippen LogP contribution in [0.5, 0.6) is 0 Å². The highest BCUT2D eigenvalue weighted by Gasteiger charge is 2.18. The van der Waals surface area contributed by atoms with Crippen LogP contribution in [0, 0.1) is 0 Å². The topological polar surface area (TPSA) is 79.8 Å². The van der Waals surface area contributed by atoms with E-state index >= 15 is 0 Å². The Morgan fingerprint density at radius 3 is 2.91 bits per heavy atom. The van der Waals surface area contributed by atoms with Gasteiger partial charge in [0.15, 0.2) is 5.16 Å². The van der Waals surface area contributed by atoms with Crippen molar-refractivity contribution in [2.45, 2.75) is 30.3 Å². The Morgan fingerprint density at radius 1 is 1.48 bits per heavy atom. The van der Waals surface area contributed by atoms with Crippen LogP contribution in [0.15, 0.2) is 52.9 Å².